The zero-order chi connectivity index (χ0) is 24.7. The molecular formula is C21H17F4N5O3S. The summed E-state index contributed by atoms with van der Waals surface area (Å²) in [7, 11) is 2.44. The molecule has 0 saturated heterocycles. The lowest BCUT2D eigenvalue weighted by atomic mass is 10.0. The van der Waals surface area contributed by atoms with Crippen molar-refractivity contribution < 1.29 is 31.9 Å². The molecule has 0 atom stereocenters. The third kappa shape index (κ3) is 5.78. The Bertz CT molecular complexity index is 1230. The zero-order valence-electron chi connectivity index (χ0n) is 17.8. The maximum Gasteiger partial charge on any atom is 0.453 e. The van der Waals surface area contributed by atoms with Crippen LogP contribution in [0.1, 0.15) is 22.5 Å². The van der Waals surface area contributed by atoms with Gasteiger partial charge < -0.3 is 9.57 Å². The molecule has 0 aliphatic heterocycles. The van der Waals surface area contributed by atoms with E-state index >= 15 is 0 Å². The fraction of sp³-hybridized carbons (Fsp3) is 0.190. The summed E-state index contributed by atoms with van der Waals surface area (Å²) >= 11 is 0.879. The molecule has 13 heteroatoms. The van der Waals surface area contributed by atoms with Crippen molar-refractivity contribution in [1.29, 1.82) is 0 Å². The number of methoxy groups -OCH3 is 1. The summed E-state index contributed by atoms with van der Waals surface area (Å²) in [4.78, 5) is 16.8. The summed E-state index contributed by atoms with van der Waals surface area (Å²) in [5, 5.41) is 14.1. The van der Waals surface area contributed by atoms with Gasteiger partial charge in [0.15, 0.2) is 5.71 Å². The Kier molecular flexibility index (Phi) is 7.99. The van der Waals surface area contributed by atoms with Gasteiger partial charge in [-0.15, -0.1) is 10.2 Å². The van der Waals surface area contributed by atoms with Crippen LogP contribution in [0, 0.1) is 5.82 Å². The van der Waals surface area contributed by atoms with E-state index in [4.69, 9.17) is 9.57 Å². The molecule has 0 N–H and O–H groups in total. The van der Waals surface area contributed by atoms with Gasteiger partial charge in [-0.3, -0.25) is 0 Å². The van der Waals surface area contributed by atoms with Crippen LogP contribution in [0.3, 0.4) is 0 Å². The Morgan fingerprint density at radius 3 is 2.50 bits per heavy atom. The van der Waals surface area contributed by atoms with Crippen molar-refractivity contribution in [2.75, 3.05) is 14.2 Å². The van der Waals surface area contributed by atoms with Crippen LogP contribution in [0.4, 0.5) is 17.6 Å². The molecule has 2 aromatic carbocycles. The van der Waals surface area contributed by atoms with Crippen LogP contribution in [0.25, 0.3) is 0 Å². The number of hydrogen-bond acceptors (Lipinski definition) is 8. The van der Waals surface area contributed by atoms with E-state index in [9.17, 15) is 22.4 Å². The van der Waals surface area contributed by atoms with E-state index in [-0.39, 0.29) is 22.2 Å². The summed E-state index contributed by atoms with van der Waals surface area (Å²) in [6, 6.07) is 12.1. The molecule has 0 aliphatic carbocycles. The lowest BCUT2D eigenvalue weighted by Crippen LogP contribution is -2.19. The standard InChI is InChI=1S/C21H17F4N5O3S/c1-32-18(31)17(29-33-2)15-9-5-3-8-14(15)12-34-20-28-27-19(21(23,24)25)30(20)26-11-13-7-4-6-10-16(13)22/h3-11H,12H2,1-2H3/b26-11+,29-17+. The first-order valence-corrected chi connectivity index (χ1v) is 10.5. The van der Waals surface area contributed by atoms with Crippen LogP contribution in [0.5, 0.6) is 0 Å². The average Bonchev–Trinajstić information content (AvgIpc) is 3.24. The van der Waals surface area contributed by atoms with Gasteiger partial charge in [-0.05, 0) is 11.6 Å². The molecule has 0 saturated carbocycles. The molecule has 3 rings (SSSR count). The molecule has 8 nitrogen and oxygen atoms in total. The van der Waals surface area contributed by atoms with E-state index in [2.05, 4.69) is 20.5 Å². The fourth-order valence-electron chi connectivity index (χ4n) is 2.74. The molecule has 0 spiro atoms. The predicted molar refractivity (Wildman–Crippen MR) is 116 cm³/mol. The minimum Gasteiger partial charge on any atom is -0.464 e. The van der Waals surface area contributed by atoms with Crippen LogP contribution in [0.15, 0.2) is 63.9 Å². The van der Waals surface area contributed by atoms with Gasteiger partial charge in [-0.25, -0.2) is 9.18 Å². The van der Waals surface area contributed by atoms with Gasteiger partial charge in [0, 0.05) is 16.9 Å². The second-order valence-corrected chi connectivity index (χ2v) is 7.38. The number of alkyl halides is 3. The quantitative estimate of drug-likeness (QED) is 0.153. The number of nitrogens with zero attached hydrogens (tertiary/aromatic N) is 5. The second kappa shape index (κ2) is 10.9. The molecule has 0 aliphatic rings. The van der Waals surface area contributed by atoms with Crippen molar-refractivity contribution >= 4 is 29.7 Å². The number of halogens is 4. The zero-order valence-corrected chi connectivity index (χ0v) is 18.6. The third-order valence-electron chi connectivity index (χ3n) is 4.27. The van der Waals surface area contributed by atoms with Crippen LogP contribution in [0.2, 0.25) is 0 Å². The number of rotatable bonds is 8. The number of thioether (sulfide) groups is 1. The van der Waals surface area contributed by atoms with Gasteiger partial charge in [0.1, 0.15) is 12.9 Å². The largest absolute Gasteiger partial charge is 0.464 e. The third-order valence-corrected chi connectivity index (χ3v) is 5.24. The van der Waals surface area contributed by atoms with E-state index < -0.39 is 23.8 Å². The van der Waals surface area contributed by atoms with Crippen molar-refractivity contribution in [2.45, 2.75) is 17.1 Å². The lowest BCUT2D eigenvalue weighted by molar-refractivity contribution is -0.147. The van der Waals surface area contributed by atoms with Crippen molar-refractivity contribution in [3.05, 3.63) is 76.9 Å². The van der Waals surface area contributed by atoms with E-state index in [0.29, 0.717) is 15.8 Å². The number of carbonyl (C=O) groups excluding carboxylic acids is 1. The fourth-order valence-corrected chi connectivity index (χ4v) is 3.63. The Morgan fingerprint density at radius 2 is 1.82 bits per heavy atom. The molecular weight excluding hydrogens is 478 g/mol. The molecule has 1 heterocycles. The topological polar surface area (TPSA) is 91.0 Å². The molecule has 0 amide bonds. The monoisotopic (exact) mass is 495 g/mol. The molecule has 178 valence electrons. The van der Waals surface area contributed by atoms with E-state index in [1.807, 2.05) is 0 Å². The first-order valence-electron chi connectivity index (χ1n) is 9.48. The molecule has 0 fully saturated rings. The van der Waals surface area contributed by atoms with E-state index in [1.165, 1.54) is 32.4 Å². The summed E-state index contributed by atoms with van der Waals surface area (Å²) < 4.78 is 59.4. The van der Waals surface area contributed by atoms with Crippen LogP contribution in [-0.2, 0) is 26.3 Å². The average molecular weight is 495 g/mol. The van der Waals surface area contributed by atoms with E-state index in [1.54, 1.807) is 24.3 Å². The van der Waals surface area contributed by atoms with Gasteiger partial charge in [-0.1, -0.05) is 59.4 Å². The SMILES string of the molecule is CO/N=C(/C(=O)OC)c1ccccc1CSc1nnc(C(F)(F)F)n1/N=C/c1ccccc1F. The number of oxime groups is 1. The van der Waals surface area contributed by atoms with Crippen molar-refractivity contribution in [1.82, 2.24) is 14.9 Å². The minimum absolute atomic E-state index is 0.0101. The molecule has 1 aromatic heterocycles. The normalized spacial score (nSPS) is 12.2. The predicted octanol–water partition coefficient (Wildman–Crippen LogP) is 4.13. The van der Waals surface area contributed by atoms with Crippen LogP contribution < -0.4 is 0 Å². The lowest BCUT2D eigenvalue weighted by Gasteiger charge is -2.10. The van der Waals surface area contributed by atoms with Gasteiger partial charge >= 0.3 is 12.1 Å². The number of esters is 1. The Morgan fingerprint density at radius 1 is 1.12 bits per heavy atom. The first-order chi connectivity index (χ1) is 16.3. The Balaban J connectivity index is 1.95. The summed E-state index contributed by atoms with van der Waals surface area (Å²) in [6.45, 7) is 0. The highest BCUT2D eigenvalue weighted by molar-refractivity contribution is 7.98. The summed E-state index contributed by atoms with van der Waals surface area (Å²) in [6.07, 6.45) is -3.90. The van der Waals surface area contributed by atoms with Crippen LogP contribution >= 0.6 is 11.8 Å². The summed E-state index contributed by atoms with van der Waals surface area (Å²) in [5.41, 5.74) is 0.774. The Hall–Kier alpha value is -3.74. The smallest absolute Gasteiger partial charge is 0.453 e. The van der Waals surface area contributed by atoms with Gasteiger partial charge in [0.25, 0.3) is 5.82 Å². The highest BCUT2D eigenvalue weighted by Gasteiger charge is 2.39. The Labute approximate surface area is 195 Å². The molecule has 34 heavy (non-hydrogen) atoms. The molecule has 0 bridgehead atoms. The maximum absolute atomic E-state index is 13.9. The van der Waals surface area contributed by atoms with Gasteiger partial charge in [0.05, 0.1) is 13.3 Å². The number of hydrogen-bond donors (Lipinski definition) is 0. The van der Waals surface area contributed by atoms with Crippen LogP contribution in [-0.4, -0.2) is 47.0 Å². The first kappa shape index (κ1) is 24.9. The highest BCUT2D eigenvalue weighted by Crippen LogP contribution is 2.32. The van der Waals surface area contributed by atoms with E-state index in [0.717, 1.165) is 24.0 Å². The highest BCUT2D eigenvalue weighted by atomic mass is 32.2. The summed E-state index contributed by atoms with van der Waals surface area (Å²) in [5.74, 6) is -2.70. The number of aromatic nitrogens is 3. The van der Waals surface area contributed by atoms with Gasteiger partial charge in [0.2, 0.25) is 5.16 Å². The molecule has 0 unspecified atom stereocenters. The van der Waals surface area contributed by atoms with Gasteiger partial charge in [-0.2, -0.15) is 22.9 Å². The number of ether oxygens (including phenoxy) is 1. The number of benzene rings is 2. The number of carbonyl (C=O) groups is 1. The maximum atomic E-state index is 13.9. The van der Waals surface area contributed by atoms with Crippen molar-refractivity contribution in [2.24, 2.45) is 10.3 Å². The molecule has 3 aromatic rings. The second-order valence-electron chi connectivity index (χ2n) is 6.44. The van der Waals surface area contributed by atoms with Crippen molar-refractivity contribution in [3.63, 3.8) is 0 Å². The molecule has 0 radical (unpaired) electrons. The van der Waals surface area contributed by atoms with Crippen molar-refractivity contribution in [3.8, 4) is 0 Å². The minimum atomic E-state index is -4.85.